The van der Waals surface area contributed by atoms with Crippen LogP contribution in [0.4, 0.5) is 0 Å². The molecule has 0 fully saturated rings. The molecule has 3 heteroatoms. The van der Waals surface area contributed by atoms with E-state index in [1.807, 2.05) is 24.3 Å². The van der Waals surface area contributed by atoms with Gasteiger partial charge in [0.25, 0.3) is 0 Å². The molecule has 1 aliphatic carbocycles. The lowest BCUT2D eigenvalue weighted by atomic mass is 9.80. The Hall–Kier alpha value is -6.45. The number of nitrogens with zero attached hydrogens (tertiary/aromatic N) is 3. The number of aromatic nitrogens is 3. The second-order valence-electron chi connectivity index (χ2n) is 15.5. The first-order valence-electron chi connectivity index (χ1n) is 19.8. The van der Waals surface area contributed by atoms with Crippen LogP contribution >= 0.6 is 0 Å². The van der Waals surface area contributed by atoms with Crippen LogP contribution in [0.2, 0.25) is 0 Å². The average Bonchev–Trinajstić information content (AvgIpc) is 3.50. The van der Waals surface area contributed by atoms with Crippen LogP contribution in [0.15, 0.2) is 170 Å². The molecule has 7 aromatic carbocycles. The van der Waals surface area contributed by atoms with Crippen molar-refractivity contribution in [3.05, 3.63) is 198 Å². The van der Waals surface area contributed by atoms with Crippen molar-refractivity contribution in [2.24, 2.45) is 0 Å². The number of hydrogen-bond acceptors (Lipinski definition) is 3. The fourth-order valence-corrected chi connectivity index (χ4v) is 8.68. The van der Waals surface area contributed by atoms with Crippen LogP contribution in [-0.2, 0) is 11.8 Å². The van der Waals surface area contributed by atoms with Crippen LogP contribution in [0, 0.1) is 6.92 Å². The number of hydrogen-bond donors (Lipinski definition) is 0. The Morgan fingerprint density at radius 1 is 0.446 bits per heavy atom. The Labute approximate surface area is 330 Å². The largest absolute Gasteiger partial charge is 0.208 e. The first-order chi connectivity index (χ1) is 27.4. The third kappa shape index (κ3) is 6.43. The molecule has 0 spiro atoms. The first kappa shape index (κ1) is 35.3. The van der Waals surface area contributed by atoms with Gasteiger partial charge in [-0.15, -0.1) is 0 Å². The minimum atomic E-state index is -0.00563. The third-order valence-electron chi connectivity index (χ3n) is 11.8. The summed E-state index contributed by atoms with van der Waals surface area (Å²) in [4.78, 5) is 15.0. The molecule has 272 valence electrons. The molecule has 0 radical (unpaired) electrons. The molecule has 0 saturated heterocycles. The third-order valence-corrected chi connectivity index (χ3v) is 11.8. The molecule has 8 aromatic rings. The van der Waals surface area contributed by atoms with Crippen LogP contribution < -0.4 is 0 Å². The van der Waals surface area contributed by atoms with E-state index < -0.39 is 0 Å². The van der Waals surface area contributed by atoms with Crippen molar-refractivity contribution in [2.45, 2.75) is 51.9 Å². The van der Waals surface area contributed by atoms with E-state index in [0.29, 0.717) is 23.4 Å². The van der Waals surface area contributed by atoms with Gasteiger partial charge in [-0.1, -0.05) is 191 Å². The normalized spacial score (nSPS) is 13.2. The van der Waals surface area contributed by atoms with Crippen LogP contribution in [0.1, 0.15) is 60.9 Å². The van der Waals surface area contributed by atoms with E-state index in [0.717, 1.165) is 35.1 Å². The smallest absolute Gasteiger partial charge is 0.164 e. The van der Waals surface area contributed by atoms with E-state index in [9.17, 15) is 0 Å². The summed E-state index contributed by atoms with van der Waals surface area (Å²) in [7, 11) is 0. The van der Waals surface area contributed by atoms with Gasteiger partial charge < -0.3 is 0 Å². The van der Waals surface area contributed by atoms with Crippen molar-refractivity contribution in [1.29, 1.82) is 0 Å². The maximum Gasteiger partial charge on any atom is 0.164 e. The second kappa shape index (κ2) is 14.7. The molecule has 1 unspecified atom stereocenters. The monoisotopic (exact) mass is 723 g/mol. The van der Waals surface area contributed by atoms with Gasteiger partial charge in [0.15, 0.2) is 17.5 Å². The summed E-state index contributed by atoms with van der Waals surface area (Å²) < 4.78 is 0. The van der Waals surface area contributed by atoms with Crippen LogP contribution in [0.3, 0.4) is 0 Å². The average molecular weight is 724 g/mol. The molecule has 1 aliphatic rings. The number of benzene rings is 7. The molecule has 9 rings (SSSR count). The summed E-state index contributed by atoms with van der Waals surface area (Å²) in [6, 6.07) is 60.7. The molecule has 0 bridgehead atoms. The van der Waals surface area contributed by atoms with Crippen molar-refractivity contribution in [3.63, 3.8) is 0 Å². The molecule has 0 amide bonds. The van der Waals surface area contributed by atoms with Crippen LogP contribution in [-0.4, -0.2) is 15.0 Å². The van der Waals surface area contributed by atoms with Gasteiger partial charge in [0.1, 0.15) is 0 Å². The van der Waals surface area contributed by atoms with E-state index in [1.165, 1.54) is 55.6 Å². The van der Waals surface area contributed by atoms with E-state index in [1.54, 1.807) is 0 Å². The number of rotatable bonds is 9. The topological polar surface area (TPSA) is 38.7 Å². The Balaban J connectivity index is 1.03. The van der Waals surface area contributed by atoms with Gasteiger partial charge in [0.2, 0.25) is 0 Å². The highest BCUT2D eigenvalue weighted by Gasteiger charge is 2.36. The predicted molar refractivity (Wildman–Crippen MR) is 232 cm³/mol. The molecular formula is C53H45N3. The van der Waals surface area contributed by atoms with E-state index in [2.05, 4.69) is 173 Å². The van der Waals surface area contributed by atoms with Gasteiger partial charge in [0.05, 0.1) is 0 Å². The minimum absolute atomic E-state index is 0.00563. The maximum atomic E-state index is 5.04. The molecule has 1 aromatic heterocycles. The van der Waals surface area contributed by atoms with Gasteiger partial charge in [0, 0.05) is 22.1 Å². The molecule has 3 nitrogen and oxygen atoms in total. The Morgan fingerprint density at radius 2 is 0.929 bits per heavy atom. The minimum Gasteiger partial charge on any atom is -0.208 e. The molecular weight excluding hydrogens is 679 g/mol. The molecule has 0 saturated carbocycles. The molecule has 0 N–H and O–H groups in total. The molecule has 56 heavy (non-hydrogen) atoms. The summed E-state index contributed by atoms with van der Waals surface area (Å²) in [5, 5.41) is 0. The predicted octanol–water partition coefficient (Wildman–Crippen LogP) is 13.6. The highest BCUT2D eigenvalue weighted by Crippen LogP contribution is 2.51. The highest BCUT2D eigenvalue weighted by molar-refractivity contribution is 5.88. The van der Waals surface area contributed by atoms with Gasteiger partial charge in [-0.3, -0.25) is 0 Å². The van der Waals surface area contributed by atoms with E-state index >= 15 is 0 Å². The zero-order valence-electron chi connectivity index (χ0n) is 32.5. The SMILES string of the molecule is CCC(Cc1ccccc1-c1ccc2c(c1C)-c1ccccc1C2(C)C)c1ccc(-c2nc(-c3ccccc3)nc(-c3ccc(-c4ccccc4)cc3)n2)cc1. The Kier molecular flexibility index (Phi) is 9.23. The lowest BCUT2D eigenvalue weighted by molar-refractivity contribution is 0.659. The Morgan fingerprint density at radius 3 is 1.55 bits per heavy atom. The van der Waals surface area contributed by atoms with Crippen molar-refractivity contribution in [2.75, 3.05) is 0 Å². The summed E-state index contributed by atoms with van der Waals surface area (Å²) >= 11 is 0. The number of fused-ring (bicyclic) bond motifs is 3. The lowest BCUT2D eigenvalue weighted by Gasteiger charge is -2.23. The highest BCUT2D eigenvalue weighted by atomic mass is 15.0. The zero-order valence-corrected chi connectivity index (χ0v) is 32.5. The summed E-state index contributed by atoms with van der Waals surface area (Å²) in [6.45, 7) is 9.33. The van der Waals surface area contributed by atoms with Crippen molar-refractivity contribution < 1.29 is 0 Å². The van der Waals surface area contributed by atoms with E-state index in [-0.39, 0.29) is 5.41 Å². The van der Waals surface area contributed by atoms with Gasteiger partial charge in [-0.2, -0.15) is 0 Å². The van der Waals surface area contributed by atoms with Crippen LogP contribution in [0.25, 0.3) is 67.5 Å². The Bertz CT molecular complexity index is 2660. The summed E-state index contributed by atoms with van der Waals surface area (Å²) in [5.74, 6) is 2.35. The lowest BCUT2D eigenvalue weighted by Crippen LogP contribution is -2.15. The summed E-state index contributed by atoms with van der Waals surface area (Å²) in [6.07, 6.45) is 1.99. The van der Waals surface area contributed by atoms with Gasteiger partial charge >= 0.3 is 0 Å². The fourth-order valence-electron chi connectivity index (χ4n) is 8.68. The zero-order chi connectivity index (χ0) is 38.2. The fraction of sp³-hybridized carbons (Fsp3) is 0.151. The van der Waals surface area contributed by atoms with Crippen molar-refractivity contribution in [3.8, 4) is 67.5 Å². The van der Waals surface area contributed by atoms with Crippen LogP contribution in [0.5, 0.6) is 0 Å². The second-order valence-corrected chi connectivity index (χ2v) is 15.5. The quantitative estimate of drug-likeness (QED) is 0.149. The molecule has 0 aliphatic heterocycles. The maximum absolute atomic E-state index is 5.04. The van der Waals surface area contributed by atoms with Gasteiger partial charge in [-0.05, 0) is 86.9 Å². The first-order valence-corrected chi connectivity index (χ1v) is 19.8. The standard InChI is InChI=1S/C53H45N3/c1-5-36(34-43-20-12-13-21-45(43)44-32-33-48-49(35(44)2)46-22-14-15-23-47(46)53(48,3)4)38-24-28-41(29-25-38)51-54-50(40-18-10-7-11-19-40)55-52(56-51)42-30-26-39(27-31-42)37-16-8-6-9-17-37/h6-33,36H,5,34H2,1-4H3. The van der Waals surface area contributed by atoms with Crippen molar-refractivity contribution >= 4 is 0 Å². The van der Waals surface area contributed by atoms with E-state index in [4.69, 9.17) is 15.0 Å². The summed E-state index contributed by atoms with van der Waals surface area (Å²) in [5.41, 5.74) is 17.6. The molecule has 1 atom stereocenters. The molecule has 1 heterocycles. The van der Waals surface area contributed by atoms with Gasteiger partial charge in [-0.25, -0.2) is 15.0 Å². The van der Waals surface area contributed by atoms with Crippen molar-refractivity contribution in [1.82, 2.24) is 15.0 Å².